The van der Waals surface area contributed by atoms with Gasteiger partial charge in [0.25, 0.3) is 0 Å². The van der Waals surface area contributed by atoms with Gasteiger partial charge >= 0.3 is 18.1 Å². The highest BCUT2D eigenvalue weighted by Gasteiger charge is 2.61. The summed E-state index contributed by atoms with van der Waals surface area (Å²) in [5.41, 5.74) is -0.397. The molecule has 0 N–H and O–H groups in total. The van der Waals surface area contributed by atoms with E-state index in [0.29, 0.717) is 6.42 Å². The van der Waals surface area contributed by atoms with Crippen LogP contribution in [0.2, 0.25) is 19.6 Å². The molecule has 0 saturated heterocycles. The van der Waals surface area contributed by atoms with Gasteiger partial charge in [0.1, 0.15) is 6.10 Å². The van der Waals surface area contributed by atoms with Gasteiger partial charge in [-0.3, -0.25) is 0 Å². The molecule has 9 heteroatoms. The van der Waals surface area contributed by atoms with E-state index in [1.165, 1.54) is 18.2 Å². The first-order valence-corrected chi connectivity index (χ1v) is 14.2. The van der Waals surface area contributed by atoms with Gasteiger partial charge in [0, 0.05) is 19.1 Å². The van der Waals surface area contributed by atoms with Crippen LogP contribution in [-0.4, -0.2) is 40.0 Å². The lowest BCUT2D eigenvalue weighted by molar-refractivity contribution is -0.368. The van der Waals surface area contributed by atoms with Crippen LogP contribution in [-0.2, 0) is 24.4 Å². The second-order valence-corrected chi connectivity index (χ2v) is 12.7. The van der Waals surface area contributed by atoms with Gasteiger partial charge in [-0.05, 0) is 33.0 Å². The lowest BCUT2D eigenvalue weighted by Gasteiger charge is -2.34. The molecule has 1 rings (SSSR count). The van der Waals surface area contributed by atoms with Gasteiger partial charge < -0.3 is 18.6 Å². The van der Waals surface area contributed by atoms with Gasteiger partial charge in [-0.2, -0.15) is 13.2 Å². The SMILES string of the molecule is C/C=C/[C@@H](O[Si](C)(C)C)[C@@H](C#CCCCC)OC(=O)O[C@@](OC)(c1ccccc1)C(F)(F)F. The van der Waals surface area contributed by atoms with Crippen LogP contribution in [0.4, 0.5) is 18.0 Å². The molecule has 0 aromatic heterocycles. The topological polar surface area (TPSA) is 54.0 Å². The Kier molecular flexibility index (Phi) is 11.2. The summed E-state index contributed by atoms with van der Waals surface area (Å²) in [6, 6.07) is 6.62. The zero-order valence-corrected chi connectivity index (χ0v) is 21.0. The standard InChI is InChI=1S/C24H33F3O5Si/c1-7-9-10-14-18-20(21(15-8-2)32-33(4,5)6)30-22(28)31-23(29-3,24(25,26)27)19-16-12-11-13-17-19/h8,11-13,15-17,20-21H,7,9-10H2,1-6H3/b15-8+/t20-,21-,23+/m1/s1. The molecule has 0 bridgehead atoms. The maximum Gasteiger partial charge on any atom is 0.512 e. The molecular weight excluding hydrogens is 453 g/mol. The fourth-order valence-electron chi connectivity index (χ4n) is 2.87. The molecule has 0 aliphatic heterocycles. The van der Waals surface area contributed by atoms with E-state index in [1.54, 1.807) is 19.1 Å². The number of carbonyl (C=O) groups excluding carboxylic acids is 1. The number of rotatable bonds is 10. The van der Waals surface area contributed by atoms with Gasteiger partial charge in [-0.1, -0.05) is 67.7 Å². The van der Waals surface area contributed by atoms with Gasteiger partial charge in [-0.25, -0.2) is 4.79 Å². The predicted molar refractivity (Wildman–Crippen MR) is 123 cm³/mol. The lowest BCUT2D eigenvalue weighted by atomic mass is 10.1. The molecule has 33 heavy (non-hydrogen) atoms. The van der Waals surface area contributed by atoms with E-state index in [1.807, 2.05) is 26.6 Å². The summed E-state index contributed by atoms with van der Waals surface area (Å²) in [5, 5.41) is 0. The van der Waals surface area contributed by atoms with Crippen molar-refractivity contribution in [3.63, 3.8) is 0 Å². The number of alkyl halides is 3. The monoisotopic (exact) mass is 486 g/mol. The minimum Gasteiger partial charge on any atom is -0.415 e. The van der Waals surface area contributed by atoms with Gasteiger partial charge in [0.2, 0.25) is 0 Å². The van der Waals surface area contributed by atoms with Crippen LogP contribution in [0.3, 0.4) is 0 Å². The first-order chi connectivity index (χ1) is 15.4. The summed E-state index contributed by atoms with van der Waals surface area (Å²) in [7, 11) is -1.31. The molecule has 0 amide bonds. The maximum atomic E-state index is 14.0. The highest BCUT2D eigenvalue weighted by Crippen LogP contribution is 2.43. The van der Waals surface area contributed by atoms with E-state index in [2.05, 4.69) is 11.8 Å². The van der Waals surface area contributed by atoms with Crippen molar-refractivity contribution in [1.29, 1.82) is 0 Å². The zero-order chi connectivity index (χ0) is 25.1. The Bertz CT molecular complexity index is 824. The molecule has 0 unspecified atom stereocenters. The summed E-state index contributed by atoms with van der Waals surface area (Å²) in [4.78, 5) is 12.7. The fourth-order valence-corrected chi connectivity index (χ4v) is 3.89. The first-order valence-electron chi connectivity index (χ1n) is 10.8. The normalized spacial score (nSPS) is 15.8. The second-order valence-electron chi connectivity index (χ2n) is 8.22. The summed E-state index contributed by atoms with van der Waals surface area (Å²) < 4.78 is 63.0. The third kappa shape index (κ3) is 8.88. The Hall–Kier alpha value is -2.28. The quantitative estimate of drug-likeness (QED) is 0.0936. The average Bonchev–Trinajstić information content (AvgIpc) is 2.72. The van der Waals surface area contributed by atoms with Crippen LogP contribution in [0.5, 0.6) is 0 Å². The summed E-state index contributed by atoms with van der Waals surface area (Å²) >= 11 is 0. The van der Waals surface area contributed by atoms with E-state index in [-0.39, 0.29) is 0 Å². The molecule has 1 aromatic carbocycles. The summed E-state index contributed by atoms with van der Waals surface area (Å²) in [5.74, 6) is 2.41. The van der Waals surface area contributed by atoms with Gasteiger partial charge in [0.05, 0.1) is 0 Å². The van der Waals surface area contributed by atoms with Crippen LogP contribution < -0.4 is 0 Å². The minimum atomic E-state index is -5.07. The Morgan fingerprint density at radius 1 is 1.18 bits per heavy atom. The number of benzene rings is 1. The second kappa shape index (κ2) is 12.8. The van der Waals surface area contributed by atoms with Crippen LogP contribution in [0.15, 0.2) is 42.5 Å². The molecule has 1 aromatic rings. The fraction of sp³-hybridized carbons (Fsp3) is 0.542. The molecule has 0 aliphatic rings. The molecule has 0 heterocycles. The Balaban J connectivity index is 3.28. The van der Waals surface area contributed by atoms with Crippen molar-refractivity contribution in [2.75, 3.05) is 7.11 Å². The molecule has 0 fully saturated rings. The Morgan fingerprint density at radius 2 is 1.82 bits per heavy atom. The molecule has 0 saturated carbocycles. The molecule has 0 aliphatic carbocycles. The summed E-state index contributed by atoms with van der Waals surface area (Å²) in [6.07, 6.45) is -2.88. The molecule has 5 nitrogen and oxygen atoms in total. The van der Waals surface area contributed by atoms with E-state index in [0.717, 1.165) is 32.1 Å². The predicted octanol–water partition coefficient (Wildman–Crippen LogP) is 6.56. The summed E-state index contributed by atoms with van der Waals surface area (Å²) in [6.45, 7) is 9.60. The third-order valence-corrected chi connectivity index (χ3v) is 5.31. The lowest BCUT2D eigenvalue weighted by Crippen LogP contribution is -2.49. The van der Waals surface area contributed by atoms with Crippen molar-refractivity contribution < 1.29 is 36.6 Å². The smallest absolute Gasteiger partial charge is 0.415 e. The number of allylic oxidation sites excluding steroid dienone is 1. The molecule has 0 radical (unpaired) electrons. The van der Waals surface area contributed by atoms with Crippen LogP contribution in [0.25, 0.3) is 0 Å². The number of halogens is 3. The number of unbranched alkanes of at least 4 members (excludes halogenated alkanes) is 2. The number of carbonyl (C=O) groups is 1. The molecule has 0 spiro atoms. The van der Waals surface area contributed by atoms with Crippen LogP contribution in [0, 0.1) is 11.8 Å². The molecule has 184 valence electrons. The van der Waals surface area contributed by atoms with E-state index < -0.39 is 44.2 Å². The molecular formula is C24H33F3O5Si. The average molecular weight is 487 g/mol. The van der Waals surface area contributed by atoms with Crippen molar-refractivity contribution >= 4 is 14.5 Å². The number of ether oxygens (including phenoxy) is 3. The Labute approximate surface area is 195 Å². The maximum absolute atomic E-state index is 14.0. The minimum absolute atomic E-state index is 0.397. The van der Waals surface area contributed by atoms with Gasteiger partial charge in [-0.15, -0.1) is 0 Å². The number of methoxy groups -OCH3 is 1. The van der Waals surface area contributed by atoms with Crippen molar-refractivity contribution in [2.45, 2.75) is 76.9 Å². The highest BCUT2D eigenvalue weighted by atomic mass is 28.4. The number of hydrogen-bond donors (Lipinski definition) is 0. The highest BCUT2D eigenvalue weighted by molar-refractivity contribution is 6.69. The third-order valence-electron chi connectivity index (χ3n) is 4.33. The van der Waals surface area contributed by atoms with E-state index in [4.69, 9.17) is 18.6 Å². The van der Waals surface area contributed by atoms with E-state index in [9.17, 15) is 18.0 Å². The van der Waals surface area contributed by atoms with Gasteiger partial charge in [0.15, 0.2) is 14.4 Å². The van der Waals surface area contributed by atoms with E-state index >= 15 is 0 Å². The zero-order valence-electron chi connectivity index (χ0n) is 20.0. The van der Waals surface area contributed by atoms with Crippen molar-refractivity contribution in [2.24, 2.45) is 0 Å². The number of hydrogen-bond acceptors (Lipinski definition) is 5. The van der Waals surface area contributed by atoms with Crippen molar-refractivity contribution in [3.8, 4) is 11.8 Å². The first kappa shape index (κ1) is 28.7. The Morgan fingerprint density at radius 3 is 2.30 bits per heavy atom. The van der Waals surface area contributed by atoms with Crippen molar-refractivity contribution in [1.82, 2.24) is 0 Å². The van der Waals surface area contributed by atoms with Crippen LogP contribution in [0.1, 0.15) is 38.7 Å². The molecule has 3 atom stereocenters. The van der Waals surface area contributed by atoms with Crippen LogP contribution >= 0.6 is 0 Å². The largest absolute Gasteiger partial charge is 0.512 e. The van der Waals surface area contributed by atoms with Crippen molar-refractivity contribution in [3.05, 3.63) is 48.0 Å².